The quantitative estimate of drug-likeness (QED) is 0.416. The Morgan fingerprint density at radius 2 is 1.88 bits per heavy atom. The number of carbonyl (C=O) groups excluding carboxylic acids is 1. The molecule has 33 heavy (non-hydrogen) atoms. The molecular weight excluding hydrogens is 440 g/mol. The van der Waals surface area contributed by atoms with Gasteiger partial charge in [-0.1, -0.05) is 18.2 Å². The predicted octanol–water partition coefficient (Wildman–Crippen LogP) is 4.61. The van der Waals surface area contributed by atoms with E-state index in [2.05, 4.69) is 20.6 Å². The molecule has 1 unspecified atom stereocenters. The Morgan fingerprint density at radius 1 is 1.15 bits per heavy atom. The fourth-order valence-electron chi connectivity index (χ4n) is 4.07. The Balaban J connectivity index is 1.56. The van der Waals surface area contributed by atoms with Crippen molar-refractivity contribution in [2.45, 2.75) is 56.5 Å². The summed E-state index contributed by atoms with van der Waals surface area (Å²) in [6.07, 6.45) is -2.65. The van der Waals surface area contributed by atoms with Gasteiger partial charge in [0.15, 0.2) is 0 Å². The average Bonchev–Trinajstić information content (AvgIpc) is 3.20. The van der Waals surface area contributed by atoms with Crippen LogP contribution in [0.4, 0.5) is 22.4 Å². The number of rotatable bonds is 5. The number of aliphatic hydroxyl groups excluding tert-OH is 1. The summed E-state index contributed by atoms with van der Waals surface area (Å²) in [4.78, 5) is 20.3. The van der Waals surface area contributed by atoms with Crippen molar-refractivity contribution in [2.24, 2.45) is 0 Å². The zero-order valence-corrected chi connectivity index (χ0v) is 17.6. The first kappa shape index (κ1) is 23.0. The molecule has 2 amide bonds. The molecule has 1 aliphatic carbocycles. The number of imidazole rings is 1. The maximum atomic E-state index is 14.5. The van der Waals surface area contributed by atoms with Crippen molar-refractivity contribution < 1.29 is 27.5 Å². The predicted molar refractivity (Wildman–Crippen MR) is 114 cm³/mol. The van der Waals surface area contributed by atoms with Crippen molar-refractivity contribution in [3.05, 3.63) is 65.2 Å². The Hall–Kier alpha value is -3.14. The van der Waals surface area contributed by atoms with E-state index in [1.165, 1.54) is 0 Å². The largest absolute Gasteiger partial charge is 0.416 e. The maximum absolute atomic E-state index is 14.5. The smallest absolute Gasteiger partial charge is 0.393 e. The number of alkyl halides is 3. The van der Waals surface area contributed by atoms with Gasteiger partial charge in [-0.2, -0.15) is 13.2 Å². The van der Waals surface area contributed by atoms with Crippen LogP contribution < -0.4 is 10.6 Å². The van der Waals surface area contributed by atoms with Crippen LogP contribution in [0.3, 0.4) is 0 Å². The minimum atomic E-state index is -4.65. The van der Waals surface area contributed by atoms with Crippen LogP contribution in [0.25, 0.3) is 11.0 Å². The van der Waals surface area contributed by atoms with E-state index in [4.69, 9.17) is 0 Å². The molecule has 6 nitrogen and oxygen atoms in total. The summed E-state index contributed by atoms with van der Waals surface area (Å²) in [6, 6.07) is 8.14. The second-order valence-electron chi connectivity index (χ2n) is 8.32. The minimum absolute atomic E-state index is 0.0227. The van der Waals surface area contributed by atoms with Crippen LogP contribution >= 0.6 is 0 Å². The first-order chi connectivity index (χ1) is 15.7. The van der Waals surface area contributed by atoms with Gasteiger partial charge in [-0.15, -0.1) is 0 Å². The molecule has 0 saturated heterocycles. The first-order valence-electron chi connectivity index (χ1n) is 10.7. The number of urea groups is 1. The summed E-state index contributed by atoms with van der Waals surface area (Å²) < 4.78 is 53.2. The van der Waals surface area contributed by atoms with Crippen LogP contribution in [-0.4, -0.2) is 33.3 Å². The molecule has 176 valence electrons. The van der Waals surface area contributed by atoms with Gasteiger partial charge in [-0.05, 0) is 55.5 Å². The van der Waals surface area contributed by atoms with Gasteiger partial charge in [0.05, 0.1) is 28.7 Å². The molecule has 4 N–H and O–H groups in total. The zero-order chi connectivity index (χ0) is 23.6. The molecule has 1 heterocycles. The number of hydrogen-bond acceptors (Lipinski definition) is 3. The number of halogens is 4. The van der Waals surface area contributed by atoms with E-state index in [1.807, 2.05) is 6.07 Å². The van der Waals surface area contributed by atoms with Gasteiger partial charge in [0.1, 0.15) is 11.6 Å². The van der Waals surface area contributed by atoms with E-state index in [1.54, 1.807) is 18.2 Å². The highest BCUT2D eigenvalue weighted by atomic mass is 19.4. The van der Waals surface area contributed by atoms with Crippen molar-refractivity contribution in [2.75, 3.05) is 0 Å². The third kappa shape index (κ3) is 5.62. The number of aromatic amines is 1. The van der Waals surface area contributed by atoms with Crippen LogP contribution in [0.2, 0.25) is 0 Å². The number of fused-ring (bicyclic) bond motifs is 1. The molecule has 1 fully saturated rings. The number of carbonyl (C=O) groups is 1. The van der Waals surface area contributed by atoms with Crippen molar-refractivity contribution in [1.82, 2.24) is 20.6 Å². The van der Waals surface area contributed by atoms with E-state index >= 15 is 0 Å². The normalized spacial score (nSPS) is 19.9. The topological polar surface area (TPSA) is 90.0 Å². The van der Waals surface area contributed by atoms with Crippen LogP contribution in [0.1, 0.15) is 48.7 Å². The number of para-hydroxylation sites is 2. The molecule has 3 aromatic rings. The Bertz CT molecular complexity index is 1090. The van der Waals surface area contributed by atoms with Crippen molar-refractivity contribution in [3.63, 3.8) is 0 Å². The van der Waals surface area contributed by atoms with Gasteiger partial charge < -0.3 is 20.7 Å². The lowest BCUT2D eigenvalue weighted by Crippen LogP contribution is -2.45. The van der Waals surface area contributed by atoms with Crippen molar-refractivity contribution in [1.29, 1.82) is 0 Å². The summed E-state index contributed by atoms with van der Waals surface area (Å²) in [5, 5.41) is 15.3. The lowest BCUT2D eigenvalue weighted by molar-refractivity contribution is -0.137. The molecule has 1 saturated carbocycles. The number of hydrogen-bond donors (Lipinski definition) is 4. The monoisotopic (exact) mass is 464 g/mol. The van der Waals surface area contributed by atoms with Crippen LogP contribution in [0.15, 0.2) is 42.5 Å². The summed E-state index contributed by atoms with van der Waals surface area (Å²) in [5.41, 5.74) is 0.312. The average molecular weight is 464 g/mol. The number of amides is 2. The number of nitrogens with zero attached hydrogens (tertiary/aromatic N) is 1. The third-order valence-corrected chi connectivity index (χ3v) is 5.88. The third-order valence-electron chi connectivity index (χ3n) is 5.88. The molecule has 0 bridgehead atoms. The Kier molecular flexibility index (Phi) is 6.55. The standard InChI is InChI=1S/C23H24F4N4O2/c24-17-12-14(23(25,26)27)6-5-13(17)11-20(21-29-18-3-1-2-4-19(18)30-21)31-22(33)28-15-7-9-16(32)10-8-15/h1-6,12,15-16,20,32H,7-11H2,(H,29,30)(H2,28,31,33)/t15-,16-,20?. The van der Waals surface area contributed by atoms with Gasteiger partial charge in [-0.25, -0.2) is 14.2 Å². The van der Waals surface area contributed by atoms with Gasteiger partial charge in [-0.3, -0.25) is 0 Å². The van der Waals surface area contributed by atoms with Crippen molar-refractivity contribution in [3.8, 4) is 0 Å². The van der Waals surface area contributed by atoms with Crippen LogP contribution in [0.5, 0.6) is 0 Å². The fraction of sp³-hybridized carbons (Fsp3) is 0.391. The van der Waals surface area contributed by atoms with Crippen LogP contribution in [0, 0.1) is 5.82 Å². The summed E-state index contributed by atoms with van der Waals surface area (Å²) in [5.74, 6) is -0.640. The zero-order valence-electron chi connectivity index (χ0n) is 17.6. The number of benzene rings is 2. The number of H-pyrrole nitrogens is 1. The molecule has 4 rings (SSSR count). The van der Waals surface area contributed by atoms with E-state index in [9.17, 15) is 27.5 Å². The van der Waals surface area contributed by atoms with Gasteiger partial charge in [0.2, 0.25) is 0 Å². The van der Waals surface area contributed by atoms with Gasteiger partial charge in [0.25, 0.3) is 0 Å². The molecule has 0 radical (unpaired) electrons. The van der Waals surface area contributed by atoms with E-state index in [-0.39, 0.29) is 24.1 Å². The number of aliphatic hydroxyl groups is 1. The summed E-state index contributed by atoms with van der Waals surface area (Å²) in [6.45, 7) is 0. The summed E-state index contributed by atoms with van der Waals surface area (Å²) >= 11 is 0. The highest BCUT2D eigenvalue weighted by Gasteiger charge is 2.32. The number of nitrogens with one attached hydrogen (secondary N) is 3. The highest BCUT2D eigenvalue weighted by molar-refractivity contribution is 5.76. The highest BCUT2D eigenvalue weighted by Crippen LogP contribution is 2.31. The number of aromatic nitrogens is 2. The van der Waals surface area contributed by atoms with E-state index in [0.717, 1.165) is 12.1 Å². The van der Waals surface area contributed by atoms with Gasteiger partial charge in [0, 0.05) is 12.5 Å². The minimum Gasteiger partial charge on any atom is -0.393 e. The fourth-order valence-corrected chi connectivity index (χ4v) is 4.07. The Morgan fingerprint density at radius 3 is 2.55 bits per heavy atom. The Labute approximate surface area is 187 Å². The molecule has 10 heteroatoms. The lowest BCUT2D eigenvalue weighted by atomic mass is 9.93. The van der Waals surface area contributed by atoms with Crippen molar-refractivity contribution >= 4 is 17.1 Å². The molecule has 1 aliphatic rings. The molecule has 0 aliphatic heterocycles. The molecule has 1 atom stereocenters. The molecule has 0 spiro atoms. The second-order valence-corrected chi connectivity index (χ2v) is 8.32. The molecule has 2 aromatic carbocycles. The van der Waals surface area contributed by atoms with Gasteiger partial charge >= 0.3 is 12.2 Å². The lowest BCUT2D eigenvalue weighted by Gasteiger charge is -2.27. The van der Waals surface area contributed by atoms with Crippen LogP contribution in [-0.2, 0) is 12.6 Å². The molecule has 1 aromatic heterocycles. The van der Waals surface area contributed by atoms with E-state index in [0.29, 0.717) is 48.6 Å². The first-order valence-corrected chi connectivity index (χ1v) is 10.7. The summed E-state index contributed by atoms with van der Waals surface area (Å²) in [7, 11) is 0. The maximum Gasteiger partial charge on any atom is 0.416 e. The second kappa shape index (κ2) is 9.38. The SMILES string of the molecule is O=C(NC(Cc1ccc(C(F)(F)F)cc1F)c1nc2ccccc2[nH]1)N[C@H]1CC[C@H](O)CC1. The molecular formula is C23H24F4N4O2. The van der Waals surface area contributed by atoms with E-state index < -0.39 is 29.6 Å².